The maximum atomic E-state index is 13.2. The van der Waals surface area contributed by atoms with Crippen LogP contribution in [-0.2, 0) is 4.74 Å². The molecule has 3 aromatic rings. The second-order valence-corrected chi connectivity index (χ2v) is 10.7. The molecule has 2 aromatic carbocycles. The van der Waals surface area contributed by atoms with Crippen molar-refractivity contribution in [2.75, 3.05) is 38.7 Å². The zero-order valence-electron chi connectivity index (χ0n) is 23.7. The Balaban J connectivity index is 1.58. The average molecular weight is 555 g/mol. The highest BCUT2D eigenvalue weighted by atomic mass is 16.5. The van der Waals surface area contributed by atoms with Gasteiger partial charge < -0.3 is 30.3 Å². The first-order valence-corrected chi connectivity index (χ1v) is 13.5. The summed E-state index contributed by atoms with van der Waals surface area (Å²) in [5, 5.41) is 10.9. The number of hydrogen-bond acceptors (Lipinski definition) is 6. The number of ether oxygens (including phenoxy) is 2. The predicted molar refractivity (Wildman–Crippen MR) is 159 cm³/mol. The summed E-state index contributed by atoms with van der Waals surface area (Å²) in [5.74, 6) is 1.06. The SMILES string of the molecule is COc1cc(-c2cnc(NC(=O)c3ccccc3)c3c2=CNC(=NC(C)(C)C)NC=3)ccc1C(=O)N1CCOCC1. The van der Waals surface area contributed by atoms with Gasteiger partial charge in [0.1, 0.15) is 11.6 Å². The van der Waals surface area contributed by atoms with Gasteiger partial charge in [0.2, 0.25) is 0 Å². The van der Waals surface area contributed by atoms with E-state index in [1.54, 1.807) is 42.6 Å². The number of carbonyl (C=O) groups excluding carboxylic acids is 2. The molecule has 2 amide bonds. The van der Waals surface area contributed by atoms with Gasteiger partial charge in [0, 0.05) is 53.3 Å². The lowest BCUT2D eigenvalue weighted by Crippen LogP contribution is -2.40. The van der Waals surface area contributed by atoms with Crippen molar-refractivity contribution in [3.8, 4) is 16.9 Å². The Morgan fingerprint density at radius 2 is 1.73 bits per heavy atom. The second kappa shape index (κ2) is 11.8. The largest absolute Gasteiger partial charge is 0.496 e. The summed E-state index contributed by atoms with van der Waals surface area (Å²) in [5.41, 5.74) is 2.27. The third-order valence-corrected chi connectivity index (χ3v) is 6.62. The van der Waals surface area contributed by atoms with Crippen LogP contribution in [0.5, 0.6) is 5.75 Å². The number of rotatable bonds is 5. The number of pyridine rings is 1. The lowest BCUT2D eigenvalue weighted by atomic mass is 10.0. The summed E-state index contributed by atoms with van der Waals surface area (Å²) < 4.78 is 11.1. The van der Waals surface area contributed by atoms with Crippen molar-refractivity contribution in [2.45, 2.75) is 26.3 Å². The summed E-state index contributed by atoms with van der Waals surface area (Å²) in [6.07, 6.45) is 5.32. The zero-order chi connectivity index (χ0) is 29.0. The van der Waals surface area contributed by atoms with Gasteiger partial charge in [-0.3, -0.25) is 9.59 Å². The molecule has 212 valence electrons. The lowest BCUT2D eigenvalue weighted by molar-refractivity contribution is 0.0301. The summed E-state index contributed by atoms with van der Waals surface area (Å²) >= 11 is 0. The van der Waals surface area contributed by atoms with Crippen LogP contribution in [0, 0.1) is 0 Å². The number of carbonyl (C=O) groups is 2. The van der Waals surface area contributed by atoms with E-state index >= 15 is 0 Å². The van der Waals surface area contributed by atoms with Crippen LogP contribution in [0.15, 0.2) is 59.7 Å². The third-order valence-electron chi connectivity index (χ3n) is 6.62. The van der Waals surface area contributed by atoms with E-state index in [-0.39, 0.29) is 17.4 Å². The van der Waals surface area contributed by atoms with Crippen LogP contribution in [0.25, 0.3) is 23.5 Å². The molecule has 1 saturated heterocycles. The molecule has 1 fully saturated rings. The lowest BCUT2D eigenvalue weighted by Gasteiger charge is -2.27. The van der Waals surface area contributed by atoms with Crippen LogP contribution >= 0.6 is 0 Å². The van der Waals surface area contributed by atoms with Gasteiger partial charge in [0.15, 0.2) is 5.96 Å². The minimum absolute atomic E-state index is 0.0959. The molecule has 10 nitrogen and oxygen atoms in total. The molecule has 0 spiro atoms. The van der Waals surface area contributed by atoms with Crippen molar-refractivity contribution in [1.82, 2.24) is 20.5 Å². The van der Waals surface area contributed by atoms with E-state index in [9.17, 15) is 9.59 Å². The van der Waals surface area contributed by atoms with Crippen molar-refractivity contribution in [3.63, 3.8) is 0 Å². The minimum Gasteiger partial charge on any atom is -0.496 e. The Morgan fingerprint density at radius 1 is 1.02 bits per heavy atom. The van der Waals surface area contributed by atoms with Crippen molar-refractivity contribution >= 4 is 36.0 Å². The van der Waals surface area contributed by atoms with Crippen LogP contribution in [0.1, 0.15) is 41.5 Å². The fourth-order valence-corrected chi connectivity index (χ4v) is 4.64. The number of hydrogen-bond donors (Lipinski definition) is 3. The first-order valence-electron chi connectivity index (χ1n) is 13.5. The summed E-state index contributed by atoms with van der Waals surface area (Å²) in [4.78, 5) is 37.3. The third kappa shape index (κ3) is 6.38. The van der Waals surface area contributed by atoms with E-state index in [0.29, 0.717) is 60.2 Å². The number of fused-ring (bicyclic) bond motifs is 1. The van der Waals surface area contributed by atoms with Gasteiger partial charge in [0.05, 0.1) is 31.4 Å². The van der Waals surface area contributed by atoms with Crippen LogP contribution in [0.2, 0.25) is 0 Å². The normalized spacial score (nSPS) is 15.8. The van der Waals surface area contributed by atoms with E-state index in [1.165, 1.54) is 0 Å². The maximum Gasteiger partial charge on any atom is 0.257 e. The van der Waals surface area contributed by atoms with Crippen molar-refractivity contribution < 1.29 is 19.1 Å². The first kappa shape index (κ1) is 27.9. The number of guanidine groups is 1. The topological polar surface area (TPSA) is 117 Å². The molecule has 10 heteroatoms. The Bertz CT molecular complexity index is 1610. The second-order valence-electron chi connectivity index (χ2n) is 10.7. The number of aliphatic imine (C=N–C) groups is 1. The van der Waals surface area contributed by atoms with E-state index in [4.69, 9.17) is 14.5 Å². The summed E-state index contributed by atoms with van der Waals surface area (Å²) in [6, 6.07) is 14.5. The van der Waals surface area contributed by atoms with E-state index < -0.39 is 0 Å². The molecule has 0 bridgehead atoms. The number of nitrogens with one attached hydrogen (secondary N) is 3. The molecule has 0 unspecified atom stereocenters. The smallest absolute Gasteiger partial charge is 0.257 e. The standard InChI is InChI=1S/C31H34N6O4/c1-31(2,3)36-30-33-18-24-23(17-32-27(25(24)19-34-30)35-28(38)20-8-6-5-7-9-20)21-10-11-22(26(16-21)40-4)29(39)37-12-14-41-15-13-37/h5-11,16-19H,12-15H2,1-4H3,(H,32,35,38)(H2,33,34,36). The molecule has 3 heterocycles. The molecule has 3 N–H and O–H groups in total. The van der Waals surface area contributed by atoms with Crippen LogP contribution in [-0.4, -0.2) is 66.6 Å². The molecule has 41 heavy (non-hydrogen) atoms. The van der Waals surface area contributed by atoms with Crippen LogP contribution < -0.4 is 31.1 Å². The van der Waals surface area contributed by atoms with Crippen LogP contribution in [0.3, 0.4) is 0 Å². The van der Waals surface area contributed by atoms with Gasteiger partial charge in [-0.25, -0.2) is 9.98 Å². The Morgan fingerprint density at radius 3 is 2.41 bits per heavy atom. The van der Waals surface area contributed by atoms with Gasteiger partial charge in [-0.05, 0) is 50.6 Å². The molecule has 1 aromatic heterocycles. The molecule has 0 atom stereocenters. The highest BCUT2D eigenvalue weighted by Gasteiger charge is 2.23. The average Bonchev–Trinajstić information content (AvgIpc) is 3.19. The summed E-state index contributed by atoms with van der Waals surface area (Å²) in [7, 11) is 1.55. The number of morpholine rings is 1. The number of methoxy groups -OCH3 is 1. The van der Waals surface area contributed by atoms with Crippen molar-refractivity contribution in [2.24, 2.45) is 4.99 Å². The van der Waals surface area contributed by atoms with Crippen molar-refractivity contribution in [3.05, 3.63) is 76.3 Å². The highest BCUT2D eigenvalue weighted by Crippen LogP contribution is 2.27. The Kier molecular flexibility index (Phi) is 8.02. The molecule has 2 aliphatic rings. The van der Waals surface area contributed by atoms with Crippen molar-refractivity contribution in [1.29, 1.82) is 0 Å². The first-order chi connectivity index (χ1) is 19.7. The molecular formula is C31H34N6O4. The van der Waals surface area contributed by atoms with E-state index in [1.807, 2.05) is 57.3 Å². The summed E-state index contributed by atoms with van der Waals surface area (Å²) in [6.45, 7) is 8.14. The zero-order valence-corrected chi connectivity index (χ0v) is 23.7. The van der Waals surface area contributed by atoms with Crippen LogP contribution in [0.4, 0.5) is 5.82 Å². The maximum absolute atomic E-state index is 13.2. The Labute approximate surface area is 238 Å². The van der Waals surface area contributed by atoms with Gasteiger partial charge in [-0.1, -0.05) is 24.3 Å². The molecule has 0 radical (unpaired) electrons. The molecule has 2 aliphatic heterocycles. The fraction of sp³-hybridized carbons (Fsp3) is 0.290. The minimum atomic E-state index is -0.324. The Hall–Kier alpha value is -4.70. The fourth-order valence-electron chi connectivity index (χ4n) is 4.64. The number of aromatic nitrogens is 1. The number of nitrogens with zero attached hydrogens (tertiary/aromatic N) is 3. The number of anilines is 1. The highest BCUT2D eigenvalue weighted by molar-refractivity contribution is 6.04. The van der Waals surface area contributed by atoms with Gasteiger partial charge in [-0.2, -0.15) is 0 Å². The van der Waals surface area contributed by atoms with E-state index in [2.05, 4.69) is 20.9 Å². The monoisotopic (exact) mass is 554 g/mol. The van der Waals surface area contributed by atoms with Gasteiger partial charge in [-0.15, -0.1) is 0 Å². The van der Waals surface area contributed by atoms with Gasteiger partial charge >= 0.3 is 0 Å². The van der Waals surface area contributed by atoms with E-state index in [0.717, 1.165) is 16.3 Å². The molecule has 5 rings (SSSR count). The molecule has 0 saturated carbocycles. The molecule has 0 aliphatic carbocycles. The predicted octanol–water partition coefficient (Wildman–Crippen LogP) is 2.31. The number of amides is 2. The van der Waals surface area contributed by atoms with Gasteiger partial charge in [0.25, 0.3) is 11.8 Å². The number of benzene rings is 2. The quantitative estimate of drug-likeness (QED) is 0.443. The molecular weight excluding hydrogens is 520 g/mol.